The molecule has 1 aliphatic rings. The number of carboxylic acid groups (broad SMARTS) is 1. The van der Waals surface area contributed by atoms with E-state index in [1.165, 1.54) is 13.2 Å². The normalized spacial score (nSPS) is 27.3. The number of benzene rings is 1. The average Bonchev–Trinajstić information content (AvgIpc) is 2.24. The zero-order valence-electron chi connectivity index (χ0n) is 9.51. The molecule has 1 aromatic rings. The minimum Gasteiger partial charge on any atom is -0.504 e. The van der Waals surface area contributed by atoms with Crippen LogP contribution < -0.4 is 10.5 Å². The van der Waals surface area contributed by atoms with Gasteiger partial charge >= 0.3 is 5.97 Å². The molecule has 1 aromatic carbocycles. The number of rotatable bonds is 3. The molecule has 0 amide bonds. The number of carbonyl (C=O) groups is 1. The Morgan fingerprint density at radius 1 is 1.53 bits per heavy atom. The van der Waals surface area contributed by atoms with E-state index in [1.54, 1.807) is 12.1 Å². The molecule has 92 valence electrons. The molecule has 2 rings (SSSR count). The van der Waals surface area contributed by atoms with E-state index in [-0.39, 0.29) is 11.8 Å². The van der Waals surface area contributed by atoms with E-state index >= 15 is 0 Å². The minimum absolute atomic E-state index is 0.0499. The molecule has 0 aliphatic heterocycles. The van der Waals surface area contributed by atoms with Crippen LogP contribution in [0.25, 0.3) is 0 Å². The maximum absolute atomic E-state index is 11.3. The fourth-order valence-corrected chi connectivity index (χ4v) is 2.36. The van der Waals surface area contributed by atoms with Gasteiger partial charge in [-0.05, 0) is 30.5 Å². The molecule has 4 N–H and O–H groups in total. The molecule has 1 aliphatic carbocycles. The first-order chi connectivity index (χ1) is 7.99. The molecule has 1 fully saturated rings. The Morgan fingerprint density at radius 3 is 2.59 bits per heavy atom. The van der Waals surface area contributed by atoms with Crippen molar-refractivity contribution in [2.24, 2.45) is 5.73 Å². The molecular formula is C12H15NO4. The van der Waals surface area contributed by atoms with E-state index in [0.717, 1.165) is 0 Å². The van der Waals surface area contributed by atoms with Gasteiger partial charge < -0.3 is 20.7 Å². The zero-order valence-corrected chi connectivity index (χ0v) is 9.51. The lowest BCUT2D eigenvalue weighted by atomic mass is 9.62. The first-order valence-electron chi connectivity index (χ1n) is 5.36. The summed E-state index contributed by atoms with van der Waals surface area (Å²) in [4.78, 5) is 11.3. The number of aromatic hydroxyl groups is 1. The van der Waals surface area contributed by atoms with Gasteiger partial charge in [-0.2, -0.15) is 0 Å². The van der Waals surface area contributed by atoms with Crippen molar-refractivity contribution in [3.05, 3.63) is 23.8 Å². The van der Waals surface area contributed by atoms with Crippen LogP contribution in [0.1, 0.15) is 18.4 Å². The topological polar surface area (TPSA) is 92.8 Å². The van der Waals surface area contributed by atoms with Gasteiger partial charge in [0.2, 0.25) is 0 Å². The van der Waals surface area contributed by atoms with E-state index in [1.807, 2.05) is 0 Å². The van der Waals surface area contributed by atoms with Crippen molar-refractivity contribution in [1.29, 1.82) is 0 Å². The van der Waals surface area contributed by atoms with Crippen molar-refractivity contribution in [2.75, 3.05) is 7.11 Å². The molecule has 0 radical (unpaired) electrons. The first kappa shape index (κ1) is 11.7. The van der Waals surface area contributed by atoms with Crippen LogP contribution in [0.5, 0.6) is 11.5 Å². The van der Waals surface area contributed by atoms with Crippen molar-refractivity contribution in [3.63, 3.8) is 0 Å². The van der Waals surface area contributed by atoms with Gasteiger partial charge in [0.15, 0.2) is 11.5 Å². The summed E-state index contributed by atoms with van der Waals surface area (Å²) in [5.41, 5.74) is 5.29. The lowest BCUT2D eigenvalue weighted by Gasteiger charge is -2.43. The molecule has 0 saturated heterocycles. The maximum atomic E-state index is 11.3. The smallest absolute Gasteiger partial charge is 0.314 e. The van der Waals surface area contributed by atoms with Gasteiger partial charge in [0, 0.05) is 6.04 Å². The lowest BCUT2D eigenvalue weighted by Crippen LogP contribution is -2.54. The molecule has 5 nitrogen and oxygen atoms in total. The highest BCUT2D eigenvalue weighted by Gasteiger charge is 2.50. The summed E-state index contributed by atoms with van der Waals surface area (Å²) >= 11 is 0. The van der Waals surface area contributed by atoms with Crippen LogP contribution in [-0.4, -0.2) is 29.3 Å². The number of hydrogen-bond acceptors (Lipinski definition) is 4. The number of aliphatic carboxylic acids is 1. The highest BCUT2D eigenvalue weighted by Crippen LogP contribution is 2.45. The van der Waals surface area contributed by atoms with Crippen LogP contribution in [0.15, 0.2) is 18.2 Å². The van der Waals surface area contributed by atoms with Crippen LogP contribution in [0.2, 0.25) is 0 Å². The number of ether oxygens (including phenoxy) is 1. The van der Waals surface area contributed by atoms with E-state index in [0.29, 0.717) is 24.2 Å². The molecule has 0 aromatic heterocycles. The molecule has 5 heteroatoms. The fraction of sp³-hybridized carbons (Fsp3) is 0.417. The monoisotopic (exact) mass is 237 g/mol. The van der Waals surface area contributed by atoms with Crippen LogP contribution in [-0.2, 0) is 10.2 Å². The molecule has 0 atom stereocenters. The van der Waals surface area contributed by atoms with E-state index in [2.05, 4.69) is 0 Å². The maximum Gasteiger partial charge on any atom is 0.314 e. The summed E-state index contributed by atoms with van der Waals surface area (Å²) in [7, 11) is 1.45. The predicted octanol–water partition coefficient (Wildman–Crippen LogP) is 0.844. The number of hydrogen-bond donors (Lipinski definition) is 3. The Balaban J connectivity index is 2.39. The largest absolute Gasteiger partial charge is 0.504 e. The lowest BCUT2D eigenvalue weighted by molar-refractivity contribution is -0.148. The number of carboxylic acids is 1. The summed E-state index contributed by atoms with van der Waals surface area (Å²) in [6.45, 7) is 0. The number of phenols is 1. The van der Waals surface area contributed by atoms with Crippen molar-refractivity contribution < 1.29 is 19.7 Å². The third kappa shape index (κ3) is 1.72. The van der Waals surface area contributed by atoms with Gasteiger partial charge in [-0.25, -0.2) is 0 Å². The zero-order chi connectivity index (χ0) is 12.6. The van der Waals surface area contributed by atoms with Crippen molar-refractivity contribution in [3.8, 4) is 11.5 Å². The van der Waals surface area contributed by atoms with Gasteiger partial charge in [-0.1, -0.05) is 6.07 Å². The Morgan fingerprint density at radius 2 is 2.18 bits per heavy atom. The van der Waals surface area contributed by atoms with Gasteiger partial charge in [0.1, 0.15) is 0 Å². The molecule has 0 heterocycles. The van der Waals surface area contributed by atoms with Crippen LogP contribution >= 0.6 is 0 Å². The molecule has 17 heavy (non-hydrogen) atoms. The molecule has 0 spiro atoms. The molecule has 1 saturated carbocycles. The highest BCUT2D eigenvalue weighted by molar-refractivity contribution is 5.83. The molecule has 0 bridgehead atoms. The van der Waals surface area contributed by atoms with E-state index in [4.69, 9.17) is 10.5 Å². The Kier molecular flexibility index (Phi) is 2.71. The standard InChI is InChI=1S/C12H15NO4/c1-17-10-3-2-7(4-9(10)14)12(11(15)16)5-8(13)6-12/h2-4,8,14H,5-6,13H2,1H3,(H,15,16). The summed E-state index contributed by atoms with van der Waals surface area (Å²) < 4.78 is 4.92. The third-order valence-electron chi connectivity index (χ3n) is 3.36. The van der Waals surface area contributed by atoms with E-state index < -0.39 is 11.4 Å². The van der Waals surface area contributed by atoms with Crippen LogP contribution in [0.3, 0.4) is 0 Å². The molecular weight excluding hydrogens is 222 g/mol. The van der Waals surface area contributed by atoms with Crippen LogP contribution in [0.4, 0.5) is 0 Å². The van der Waals surface area contributed by atoms with Crippen molar-refractivity contribution >= 4 is 5.97 Å². The highest BCUT2D eigenvalue weighted by atomic mass is 16.5. The molecule has 0 unspecified atom stereocenters. The predicted molar refractivity (Wildman–Crippen MR) is 61.2 cm³/mol. The third-order valence-corrected chi connectivity index (χ3v) is 3.36. The fourth-order valence-electron chi connectivity index (χ4n) is 2.36. The number of phenolic OH excluding ortho intramolecular Hbond substituents is 1. The van der Waals surface area contributed by atoms with Gasteiger partial charge in [-0.3, -0.25) is 4.79 Å². The SMILES string of the molecule is COc1ccc(C2(C(=O)O)CC(N)C2)cc1O. The first-order valence-corrected chi connectivity index (χ1v) is 5.36. The Bertz CT molecular complexity index is 452. The van der Waals surface area contributed by atoms with Gasteiger partial charge in [0.25, 0.3) is 0 Å². The van der Waals surface area contributed by atoms with Crippen LogP contribution in [0, 0.1) is 0 Å². The van der Waals surface area contributed by atoms with E-state index in [9.17, 15) is 15.0 Å². The van der Waals surface area contributed by atoms with Gasteiger partial charge in [-0.15, -0.1) is 0 Å². The van der Waals surface area contributed by atoms with Crippen molar-refractivity contribution in [1.82, 2.24) is 0 Å². The Labute approximate surface area is 98.8 Å². The quantitative estimate of drug-likeness (QED) is 0.724. The average molecular weight is 237 g/mol. The minimum atomic E-state index is -0.955. The van der Waals surface area contributed by atoms with Gasteiger partial charge in [0.05, 0.1) is 12.5 Å². The second-order valence-electron chi connectivity index (χ2n) is 4.44. The second kappa shape index (κ2) is 3.92. The summed E-state index contributed by atoms with van der Waals surface area (Å²) in [6.07, 6.45) is 0.794. The summed E-state index contributed by atoms with van der Waals surface area (Å²) in [5, 5.41) is 19.0. The number of methoxy groups -OCH3 is 1. The summed E-state index contributed by atoms with van der Waals surface area (Å²) in [6, 6.07) is 4.59. The summed E-state index contributed by atoms with van der Waals surface area (Å²) in [5.74, 6) is -0.618. The Hall–Kier alpha value is -1.75. The number of nitrogens with two attached hydrogens (primary N) is 1. The second-order valence-corrected chi connectivity index (χ2v) is 4.44. The van der Waals surface area contributed by atoms with Crippen molar-refractivity contribution in [2.45, 2.75) is 24.3 Å².